The van der Waals surface area contributed by atoms with Gasteiger partial charge in [0.05, 0.1) is 16.5 Å². The van der Waals surface area contributed by atoms with Gasteiger partial charge in [0.2, 0.25) is 12.0 Å². The van der Waals surface area contributed by atoms with Crippen LogP contribution in [0.1, 0.15) is 12.0 Å². The number of thioether (sulfide) groups is 1. The van der Waals surface area contributed by atoms with Gasteiger partial charge in [0, 0.05) is 0 Å². The van der Waals surface area contributed by atoms with Crippen molar-refractivity contribution < 1.29 is 18.7 Å². The average molecular weight is 404 g/mol. The van der Waals surface area contributed by atoms with Crippen LogP contribution in [0.15, 0.2) is 58.2 Å². The second-order valence-electron chi connectivity index (χ2n) is 5.59. The highest BCUT2D eigenvalue weighted by Gasteiger charge is 2.27. The topological polar surface area (TPSA) is 86.5 Å². The number of ether oxygens (including phenoxy) is 2. The highest BCUT2D eigenvalue weighted by Crippen LogP contribution is 2.35. The summed E-state index contributed by atoms with van der Waals surface area (Å²) < 4.78 is 17.1. The van der Waals surface area contributed by atoms with Crippen LogP contribution in [0.25, 0.3) is 0 Å². The molecule has 0 saturated heterocycles. The van der Waals surface area contributed by atoms with E-state index in [2.05, 4.69) is 15.5 Å². The summed E-state index contributed by atoms with van der Waals surface area (Å²) in [5.41, 5.74) is 0.558. The highest BCUT2D eigenvalue weighted by atomic mass is 35.5. The number of benzene rings is 2. The summed E-state index contributed by atoms with van der Waals surface area (Å²) in [6, 6.07) is 14.4. The number of halogens is 1. The van der Waals surface area contributed by atoms with Crippen molar-refractivity contribution in [3.8, 4) is 11.5 Å². The number of fused-ring (bicyclic) bond motifs is 1. The van der Waals surface area contributed by atoms with E-state index in [-0.39, 0.29) is 23.5 Å². The van der Waals surface area contributed by atoms with E-state index >= 15 is 0 Å². The van der Waals surface area contributed by atoms with Crippen molar-refractivity contribution in [3.05, 3.63) is 59.4 Å². The molecule has 1 aliphatic rings. The number of aromatic nitrogens is 2. The maximum absolute atomic E-state index is 12.1. The van der Waals surface area contributed by atoms with Crippen LogP contribution >= 0.6 is 23.4 Å². The monoisotopic (exact) mass is 403 g/mol. The number of rotatable bonds is 5. The lowest BCUT2D eigenvalue weighted by molar-refractivity contribution is -0.113. The van der Waals surface area contributed by atoms with Gasteiger partial charge in [0.1, 0.15) is 6.61 Å². The normalized spacial score (nSPS) is 15.4. The molecular weight excluding hydrogens is 390 g/mol. The van der Waals surface area contributed by atoms with Crippen molar-refractivity contribution in [1.29, 1.82) is 0 Å². The van der Waals surface area contributed by atoms with E-state index in [1.54, 1.807) is 24.3 Å². The second-order valence-corrected chi connectivity index (χ2v) is 6.92. The van der Waals surface area contributed by atoms with Gasteiger partial charge in [0.25, 0.3) is 11.1 Å². The maximum atomic E-state index is 12.1. The van der Waals surface area contributed by atoms with Crippen molar-refractivity contribution in [2.75, 3.05) is 17.7 Å². The molecule has 0 spiro atoms. The molecule has 0 fully saturated rings. The maximum Gasteiger partial charge on any atom is 0.277 e. The van der Waals surface area contributed by atoms with E-state index in [9.17, 15) is 4.79 Å². The van der Waals surface area contributed by atoms with Crippen LogP contribution in [-0.4, -0.2) is 28.5 Å². The number of para-hydroxylation sites is 3. The van der Waals surface area contributed by atoms with Gasteiger partial charge in [-0.2, -0.15) is 0 Å². The quantitative estimate of drug-likeness (QED) is 0.645. The fourth-order valence-electron chi connectivity index (χ4n) is 2.43. The lowest BCUT2D eigenvalue weighted by Gasteiger charge is -2.23. The van der Waals surface area contributed by atoms with Crippen molar-refractivity contribution in [1.82, 2.24) is 10.2 Å². The van der Waals surface area contributed by atoms with Crippen molar-refractivity contribution in [2.45, 2.75) is 11.3 Å². The molecule has 0 aliphatic carbocycles. The summed E-state index contributed by atoms with van der Waals surface area (Å²) in [5, 5.41) is 11.4. The van der Waals surface area contributed by atoms with Crippen molar-refractivity contribution in [2.24, 2.45) is 0 Å². The predicted molar refractivity (Wildman–Crippen MR) is 100 cm³/mol. The fraction of sp³-hybridized carbons (Fsp3) is 0.167. The lowest BCUT2D eigenvalue weighted by atomic mass is 10.2. The first-order valence-corrected chi connectivity index (χ1v) is 9.44. The molecule has 1 aromatic heterocycles. The van der Waals surface area contributed by atoms with Gasteiger partial charge < -0.3 is 19.2 Å². The van der Waals surface area contributed by atoms with E-state index in [1.807, 2.05) is 24.3 Å². The molecule has 2 aromatic carbocycles. The van der Waals surface area contributed by atoms with Crippen LogP contribution in [0, 0.1) is 0 Å². The summed E-state index contributed by atoms with van der Waals surface area (Å²) in [6.45, 7) is 0.274. The number of carbonyl (C=O) groups excluding carboxylic acids is 1. The van der Waals surface area contributed by atoms with E-state index in [1.165, 1.54) is 0 Å². The van der Waals surface area contributed by atoms with Gasteiger partial charge in [0.15, 0.2) is 11.5 Å². The number of carbonyl (C=O) groups is 1. The molecule has 1 atom stereocenters. The Bertz CT molecular complexity index is 965. The van der Waals surface area contributed by atoms with E-state index in [0.29, 0.717) is 28.1 Å². The number of anilines is 1. The Labute approximate surface area is 164 Å². The van der Waals surface area contributed by atoms with Crippen molar-refractivity contribution in [3.63, 3.8) is 0 Å². The highest BCUT2D eigenvalue weighted by molar-refractivity contribution is 7.99. The molecule has 2 heterocycles. The van der Waals surface area contributed by atoms with Gasteiger partial charge in [-0.3, -0.25) is 4.79 Å². The van der Waals surface area contributed by atoms with Gasteiger partial charge in [-0.15, -0.1) is 10.2 Å². The number of hydrogen-bond acceptors (Lipinski definition) is 7. The minimum absolute atomic E-state index is 0.109. The zero-order valence-electron chi connectivity index (χ0n) is 13.9. The predicted octanol–water partition coefficient (Wildman–Crippen LogP) is 3.97. The van der Waals surface area contributed by atoms with Gasteiger partial charge in [-0.25, -0.2) is 0 Å². The van der Waals surface area contributed by atoms with Crippen LogP contribution in [0.3, 0.4) is 0 Å². The van der Waals surface area contributed by atoms with Crippen LogP contribution < -0.4 is 14.8 Å². The summed E-state index contributed by atoms with van der Waals surface area (Å²) >= 11 is 7.15. The molecule has 3 aromatic rings. The molecule has 27 heavy (non-hydrogen) atoms. The number of hydrogen-bond donors (Lipinski definition) is 1. The molecule has 0 saturated carbocycles. The molecule has 9 heteroatoms. The van der Waals surface area contributed by atoms with E-state index < -0.39 is 6.10 Å². The summed E-state index contributed by atoms with van der Waals surface area (Å²) in [6.07, 6.45) is -0.487. The minimum atomic E-state index is -0.487. The SMILES string of the molecule is O=C(CSc1nnc([C@@H]2COc3ccccc3O2)o1)Nc1ccccc1Cl. The molecule has 0 unspecified atom stereocenters. The van der Waals surface area contributed by atoms with Crippen LogP contribution in [0.4, 0.5) is 5.69 Å². The third-order valence-corrected chi connectivity index (χ3v) is 4.83. The summed E-state index contributed by atoms with van der Waals surface area (Å²) in [5.74, 6) is 1.49. The Kier molecular flexibility index (Phi) is 5.17. The minimum Gasteiger partial charge on any atom is -0.485 e. The van der Waals surface area contributed by atoms with Crippen LogP contribution in [0.2, 0.25) is 5.02 Å². The number of nitrogens with zero attached hydrogens (tertiary/aromatic N) is 2. The largest absolute Gasteiger partial charge is 0.485 e. The van der Waals surface area contributed by atoms with Gasteiger partial charge in [-0.1, -0.05) is 47.6 Å². The first-order valence-electron chi connectivity index (χ1n) is 8.08. The molecule has 1 N–H and O–H groups in total. The Morgan fingerprint density at radius 1 is 1.15 bits per heavy atom. The standard InChI is InChI=1S/C18H14ClN3O4S/c19-11-5-1-2-6-12(11)20-16(23)10-27-18-22-21-17(26-18)15-9-24-13-7-3-4-8-14(13)25-15/h1-8,15H,9-10H2,(H,20,23)/t15-/m0/s1. The number of nitrogens with one attached hydrogen (secondary N) is 1. The zero-order chi connectivity index (χ0) is 18.6. The molecule has 138 valence electrons. The summed E-state index contributed by atoms with van der Waals surface area (Å²) in [4.78, 5) is 12.1. The Hall–Kier alpha value is -2.71. The molecule has 4 rings (SSSR count). The molecule has 0 radical (unpaired) electrons. The number of amides is 1. The first kappa shape index (κ1) is 17.7. The summed E-state index contributed by atoms with van der Waals surface area (Å²) in [7, 11) is 0. The van der Waals surface area contributed by atoms with Crippen LogP contribution in [0.5, 0.6) is 11.5 Å². The molecule has 7 nitrogen and oxygen atoms in total. The first-order chi connectivity index (χ1) is 13.2. The average Bonchev–Trinajstić information content (AvgIpc) is 3.17. The van der Waals surface area contributed by atoms with E-state index in [4.69, 9.17) is 25.5 Å². The van der Waals surface area contributed by atoms with E-state index in [0.717, 1.165) is 11.8 Å². The smallest absolute Gasteiger partial charge is 0.277 e. The zero-order valence-corrected chi connectivity index (χ0v) is 15.5. The molecule has 0 bridgehead atoms. The van der Waals surface area contributed by atoms with Crippen molar-refractivity contribution >= 4 is 35.0 Å². The van der Waals surface area contributed by atoms with Gasteiger partial charge >= 0.3 is 0 Å². The van der Waals surface area contributed by atoms with Crippen LogP contribution in [-0.2, 0) is 4.79 Å². The van der Waals surface area contributed by atoms with Gasteiger partial charge in [-0.05, 0) is 24.3 Å². The lowest BCUT2D eigenvalue weighted by Crippen LogP contribution is -2.21. The second kappa shape index (κ2) is 7.89. The Morgan fingerprint density at radius 3 is 2.78 bits per heavy atom. The molecular formula is C18H14ClN3O4S. The Morgan fingerprint density at radius 2 is 1.93 bits per heavy atom. The Balaban J connectivity index is 1.34. The molecule has 1 amide bonds. The third kappa shape index (κ3) is 4.17. The fourth-order valence-corrected chi connectivity index (χ4v) is 3.18. The third-order valence-electron chi connectivity index (χ3n) is 3.68. The molecule has 1 aliphatic heterocycles.